The lowest BCUT2D eigenvalue weighted by molar-refractivity contribution is 0.197. The summed E-state index contributed by atoms with van der Waals surface area (Å²) >= 11 is 0. The smallest absolute Gasteiger partial charge is 0.197 e. The third-order valence-corrected chi connectivity index (χ3v) is 2.23. The summed E-state index contributed by atoms with van der Waals surface area (Å²) in [5.41, 5.74) is 1.46. The normalized spacial score (nSPS) is 11.7. The van der Waals surface area contributed by atoms with E-state index in [0.29, 0.717) is 11.6 Å². The molecule has 2 heterocycles. The Labute approximate surface area is 105 Å². The topological polar surface area (TPSA) is 71.8 Å². The third kappa shape index (κ3) is 2.95. The molecule has 0 amide bonds. The minimum absolute atomic E-state index is 0. The van der Waals surface area contributed by atoms with E-state index < -0.39 is 6.10 Å². The molecule has 0 fully saturated rings. The number of aryl methyl sites for hydroxylation is 1. The van der Waals surface area contributed by atoms with Crippen molar-refractivity contribution in [2.24, 2.45) is 0 Å². The van der Waals surface area contributed by atoms with Crippen molar-refractivity contribution >= 4 is 12.4 Å². The van der Waals surface area contributed by atoms with Crippen molar-refractivity contribution in [3.63, 3.8) is 0 Å². The molecule has 6 heteroatoms. The van der Waals surface area contributed by atoms with Crippen molar-refractivity contribution < 1.29 is 5.11 Å². The molecule has 2 aromatic heterocycles. The zero-order valence-corrected chi connectivity index (χ0v) is 10.3. The molecule has 1 N–H and O–H groups in total. The molecule has 0 aliphatic heterocycles. The number of nitrogens with zero attached hydrogens (tertiary/aromatic N) is 4. The summed E-state index contributed by atoms with van der Waals surface area (Å²) < 4.78 is 0. The average molecular weight is 253 g/mol. The van der Waals surface area contributed by atoms with Crippen molar-refractivity contribution in [3.05, 3.63) is 35.9 Å². The van der Waals surface area contributed by atoms with Gasteiger partial charge < -0.3 is 5.11 Å². The van der Waals surface area contributed by atoms with Gasteiger partial charge in [0.2, 0.25) is 0 Å². The van der Waals surface area contributed by atoms with Gasteiger partial charge in [-0.1, -0.05) is 0 Å². The van der Waals surface area contributed by atoms with E-state index in [-0.39, 0.29) is 12.4 Å². The highest BCUT2D eigenvalue weighted by Crippen LogP contribution is 2.16. The number of hydrogen-bond donors (Lipinski definition) is 1. The van der Waals surface area contributed by atoms with E-state index in [9.17, 15) is 5.11 Å². The van der Waals surface area contributed by atoms with Crippen LogP contribution in [-0.4, -0.2) is 25.0 Å². The number of hydrogen-bond acceptors (Lipinski definition) is 5. The molecule has 0 aromatic carbocycles. The number of rotatable bonds is 2. The van der Waals surface area contributed by atoms with Crippen LogP contribution >= 0.6 is 12.4 Å². The summed E-state index contributed by atoms with van der Waals surface area (Å²) in [5.74, 6) is 0.963. The van der Waals surface area contributed by atoms with Gasteiger partial charge in [0.15, 0.2) is 11.6 Å². The van der Waals surface area contributed by atoms with Crippen LogP contribution in [0.25, 0.3) is 11.6 Å². The number of aromatic nitrogens is 4. The largest absolute Gasteiger partial charge is 0.389 e. The molecule has 0 bridgehead atoms. The van der Waals surface area contributed by atoms with Gasteiger partial charge in [-0.15, -0.1) is 12.4 Å². The van der Waals surface area contributed by atoms with Crippen molar-refractivity contribution in [1.29, 1.82) is 0 Å². The lowest BCUT2D eigenvalue weighted by Gasteiger charge is -2.07. The Kier molecular flexibility index (Phi) is 4.48. The maximum Gasteiger partial charge on any atom is 0.197 e. The van der Waals surface area contributed by atoms with Crippen molar-refractivity contribution in [3.8, 4) is 11.6 Å². The summed E-state index contributed by atoms with van der Waals surface area (Å²) in [6.45, 7) is 3.51. The van der Waals surface area contributed by atoms with E-state index in [0.717, 1.165) is 11.3 Å². The predicted molar refractivity (Wildman–Crippen MR) is 65.7 cm³/mol. The Morgan fingerprint density at radius 2 is 1.76 bits per heavy atom. The standard InChI is InChI=1S/C11H12N4O.ClH/c1-7-9(8(2)16)6-14-11(15-7)10-12-4-3-5-13-10;/h3-6,8,16H,1-2H3;1H/t8-;/m0./s1. The highest BCUT2D eigenvalue weighted by atomic mass is 35.5. The van der Waals surface area contributed by atoms with Crippen molar-refractivity contribution in [2.75, 3.05) is 0 Å². The van der Waals surface area contributed by atoms with Gasteiger partial charge in [0.05, 0.1) is 6.10 Å². The summed E-state index contributed by atoms with van der Waals surface area (Å²) in [5, 5.41) is 9.45. The van der Waals surface area contributed by atoms with Gasteiger partial charge in [0, 0.05) is 29.8 Å². The first-order valence-corrected chi connectivity index (χ1v) is 4.97. The Bertz CT molecular complexity index is 490. The van der Waals surface area contributed by atoms with E-state index in [1.165, 1.54) is 0 Å². The Morgan fingerprint density at radius 3 is 2.29 bits per heavy atom. The van der Waals surface area contributed by atoms with Crippen LogP contribution in [0, 0.1) is 6.92 Å². The van der Waals surface area contributed by atoms with E-state index in [2.05, 4.69) is 19.9 Å². The second-order valence-electron chi connectivity index (χ2n) is 3.48. The van der Waals surface area contributed by atoms with E-state index >= 15 is 0 Å². The minimum atomic E-state index is -0.564. The fourth-order valence-electron chi connectivity index (χ4n) is 1.41. The number of aliphatic hydroxyl groups is 1. The second kappa shape index (κ2) is 5.65. The van der Waals surface area contributed by atoms with Crippen LogP contribution in [0.2, 0.25) is 0 Å². The summed E-state index contributed by atoms with van der Waals surface area (Å²) in [7, 11) is 0. The Morgan fingerprint density at radius 1 is 1.12 bits per heavy atom. The van der Waals surface area contributed by atoms with Gasteiger partial charge in [0.1, 0.15) is 0 Å². The Hall–Kier alpha value is -1.59. The molecule has 0 aliphatic rings. The van der Waals surface area contributed by atoms with Crippen LogP contribution in [0.1, 0.15) is 24.3 Å². The zero-order chi connectivity index (χ0) is 11.5. The molecular weight excluding hydrogens is 240 g/mol. The number of halogens is 1. The van der Waals surface area contributed by atoms with Crippen LogP contribution in [0.4, 0.5) is 0 Å². The maximum absolute atomic E-state index is 9.45. The molecule has 90 valence electrons. The van der Waals surface area contributed by atoms with Gasteiger partial charge in [-0.05, 0) is 19.9 Å². The first-order chi connectivity index (χ1) is 7.68. The van der Waals surface area contributed by atoms with Gasteiger partial charge in [-0.3, -0.25) is 0 Å². The van der Waals surface area contributed by atoms with Gasteiger partial charge in [0.25, 0.3) is 0 Å². The van der Waals surface area contributed by atoms with E-state index in [1.807, 2.05) is 6.92 Å². The van der Waals surface area contributed by atoms with Gasteiger partial charge in [-0.25, -0.2) is 19.9 Å². The van der Waals surface area contributed by atoms with Gasteiger partial charge >= 0.3 is 0 Å². The molecule has 0 radical (unpaired) electrons. The molecule has 5 nitrogen and oxygen atoms in total. The van der Waals surface area contributed by atoms with Crippen LogP contribution < -0.4 is 0 Å². The first kappa shape index (κ1) is 13.5. The summed E-state index contributed by atoms with van der Waals surface area (Å²) in [6, 6.07) is 1.74. The quantitative estimate of drug-likeness (QED) is 0.881. The highest BCUT2D eigenvalue weighted by Gasteiger charge is 2.10. The van der Waals surface area contributed by atoms with Crippen LogP contribution in [0.15, 0.2) is 24.7 Å². The van der Waals surface area contributed by atoms with E-state index in [4.69, 9.17) is 0 Å². The van der Waals surface area contributed by atoms with Crippen LogP contribution in [0.5, 0.6) is 0 Å². The fraction of sp³-hybridized carbons (Fsp3) is 0.273. The molecule has 17 heavy (non-hydrogen) atoms. The summed E-state index contributed by atoms with van der Waals surface area (Å²) in [6.07, 6.45) is 4.33. The molecule has 2 rings (SSSR count). The molecule has 0 unspecified atom stereocenters. The lowest BCUT2D eigenvalue weighted by Crippen LogP contribution is -2.02. The van der Waals surface area contributed by atoms with E-state index in [1.54, 1.807) is 31.6 Å². The molecule has 1 atom stereocenters. The zero-order valence-electron chi connectivity index (χ0n) is 9.53. The molecular formula is C11H13ClN4O. The average Bonchev–Trinajstić information content (AvgIpc) is 2.29. The van der Waals surface area contributed by atoms with Crippen molar-refractivity contribution in [1.82, 2.24) is 19.9 Å². The fourth-order valence-corrected chi connectivity index (χ4v) is 1.41. The molecule has 0 aliphatic carbocycles. The SMILES string of the molecule is Cc1nc(-c2ncccn2)ncc1[C@H](C)O.Cl. The molecule has 0 saturated heterocycles. The number of aliphatic hydroxyl groups excluding tert-OH is 1. The maximum atomic E-state index is 9.45. The first-order valence-electron chi connectivity index (χ1n) is 4.97. The molecule has 2 aromatic rings. The molecule has 0 saturated carbocycles. The highest BCUT2D eigenvalue weighted by molar-refractivity contribution is 5.85. The third-order valence-electron chi connectivity index (χ3n) is 2.23. The van der Waals surface area contributed by atoms with Gasteiger partial charge in [-0.2, -0.15) is 0 Å². The van der Waals surface area contributed by atoms with Crippen LogP contribution in [-0.2, 0) is 0 Å². The second-order valence-corrected chi connectivity index (χ2v) is 3.48. The lowest BCUT2D eigenvalue weighted by atomic mass is 10.1. The summed E-state index contributed by atoms with van der Waals surface area (Å²) in [4.78, 5) is 16.5. The minimum Gasteiger partial charge on any atom is -0.389 e. The Balaban J connectivity index is 0.00000144. The van der Waals surface area contributed by atoms with Crippen molar-refractivity contribution in [2.45, 2.75) is 20.0 Å². The monoisotopic (exact) mass is 252 g/mol. The predicted octanol–water partition coefficient (Wildman–Crippen LogP) is 1.72. The molecule has 0 spiro atoms. The van der Waals surface area contributed by atoms with Crippen LogP contribution in [0.3, 0.4) is 0 Å².